The molecule has 90 valence electrons. The van der Waals surface area contributed by atoms with Crippen molar-refractivity contribution in [3.63, 3.8) is 0 Å². The van der Waals surface area contributed by atoms with Gasteiger partial charge in [-0.2, -0.15) is 5.10 Å². The summed E-state index contributed by atoms with van der Waals surface area (Å²) >= 11 is 0. The highest BCUT2D eigenvalue weighted by Gasteiger charge is 2.17. The second kappa shape index (κ2) is 6.15. The van der Waals surface area contributed by atoms with Crippen molar-refractivity contribution in [2.75, 3.05) is 11.1 Å². The van der Waals surface area contributed by atoms with Gasteiger partial charge in [-0.1, -0.05) is 26.7 Å². The van der Waals surface area contributed by atoms with Crippen LogP contribution >= 0.6 is 0 Å². The van der Waals surface area contributed by atoms with Crippen molar-refractivity contribution < 1.29 is 4.79 Å². The van der Waals surface area contributed by atoms with Crippen LogP contribution in [0.25, 0.3) is 0 Å². The first kappa shape index (κ1) is 12.5. The number of hydrogen-bond donors (Lipinski definition) is 3. The molecule has 0 aliphatic heterocycles. The van der Waals surface area contributed by atoms with E-state index in [1.807, 2.05) is 0 Å². The van der Waals surface area contributed by atoms with Crippen LogP contribution in [-0.4, -0.2) is 16.1 Å². The van der Waals surface area contributed by atoms with Crippen molar-refractivity contribution in [1.29, 1.82) is 0 Å². The number of aromatic amines is 1. The predicted molar refractivity (Wildman–Crippen MR) is 64.9 cm³/mol. The highest BCUT2D eigenvalue weighted by atomic mass is 16.1. The van der Waals surface area contributed by atoms with Crippen molar-refractivity contribution in [3.8, 4) is 0 Å². The number of nitrogen functional groups attached to an aromatic ring is 1. The van der Waals surface area contributed by atoms with Gasteiger partial charge in [0.15, 0.2) is 5.82 Å². The van der Waals surface area contributed by atoms with Crippen LogP contribution in [-0.2, 0) is 4.79 Å². The molecule has 16 heavy (non-hydrogen) atoms. The van der Waals surface area contributed by atoms with Crippen LogP contribution in [0.3, 0.4) is 0 Å². The molecule has 0 fully saturated rings. The van der Waals surface area contributed by atoms with Crippen molar-refractivity contribution in [1.82, 2.24) is 10.2 Å². The van der Waals surface area contributed by atoms with E-state index < -0.39 is 0 Å². The van der Waals surface area contributed by atoms with Crippen LogP contribution in [0.4, 0.5) is 11.5 Å². The van der Waals surface area contributed by atoms with Crippen molar-refractivity contribution >= 4 is 17.4 Å². The maximum Gasteiger partial charge on any atom is 0.228 e. The minimum Gasteiger partial charge on any atom is -0.394 e. The molecule has 0 bridgehead atoms. The SMILES string of the molecule is CCCC(CCC)C(=O)Nc1[nH]ncc1N. The summed E-state index contributed by atoms with van der Waals surface area (Å²) in [6.07, 6.45) is 5.33. The molecule has 0 atom stereocenters. The van der Waals surface area contributed by atoms with E-state index in [1.165, 1.54) is 6.20 Å². The molecule has 1 rings (SSSR count). The highest BCUT2D eigenvalue weighted by molar-refractivity contribution is 5.93. The minimum absolute atomic E-state index is 0.0275. The first-order valence-electron chi connectivity index (χ1n) is 5.78. The monoisotopic (exact) mass is 224 g/mol. The number of amides is 1. The van der Waals surface area contributed by atoms with E-state index in [2.05, 4.69) is 29.4 Å². The van der Waals surface area contributed by atoms with Gasteiger partial charge >= 0.3 is 0 Å². The molecule has 5 heteroatoms. The Balaban J connectivity index is 2.58. The summed E-state index contributed by atoms with van der Waals surface area (Å²) < 4.78 is 0. The number of nitrogens with one attached hydrogen (secondary N) is 2. The van der Waals surface area contributed by atoms with Crippen LogP contribution in [0.5, 0.6) is 0 Å². The van der Waals surface area contributed by atoms with E-state index in [-0.39, 0.29) is 11.8 Å². The summed E-state index contributed by atoms with van der Waals surface area (Å²) in [5.41, 5.74) is 6.10. The molecule has 5 nitrogen and oxygen atoms in total. The van der Waals surface area contributed by atoms with Crippen molar-refractivity contribution in [2.24, 2.45) is 5.92 Å². The smallest absolute Gasteiger partial charge is 0.228 e. The molecule has 4 N–H and O–H groups in total. The average molecular weight is 224 g/mol. The Bertz CT molecular complexity index is 328. The average Bonchev–Trinajstić information content (AvgIpc) is 2.64. The Kier molecular flexibility index (Phi) is 4.82. The van der Waals surface area contributed by atoms with E-state index in [0.717, 1.165) is 25.7 Å². The molecular formula is C11H20N4O. The predicted octanol–water partition coefficient (Wildman–Crippen LogP) is 2.15. The number of nitrogens with two attached hydrogens (primary N) is 1. The molecule has 0 saturated heterocycles. The number of H-pyrrole nitrogens is 1. The number of carbonyl (C=O) groups is 1. The van der Waals surface area contributed by atoms with Crippen LogP contribution in [0.15, 0.2) is 6.20 Å². The van der Waals surface area contributed by atoms with Gasteiger partial charge < -0.3 is 11.1 Å². The van der Waals surface area contributed by atoms with E-state index in [1.54, 1.807) is 0 Å². The quantitative estimate of drug-likeness (QED) is 0.692. The van der Waals surface area contributed by atoms with Gasteiger partial charge in [0, 0.05) is 5.92 Å². The molecule has 0 aromatic carbocycles. The van der Waals surface area contributed by atoms with Gasteiger partial charge in [-0.3, -0.25) is 9.89 Å². The number of carbonyl (C=O) groups excluding carboxylic acids is 1. The van der Waals surface area contributed by atoms with Crippen LogP contribution in [0.1, 0.15) is 39.5 Å². The minimum atomic E-state index is 0.0275. The molecule has 1 amide bonds. The molecule has 1 aromatic rings. The van der Waals surface area contributed by atoms with Gasteiger partial charge in [-0.05, 0) is 12.8 Å². The van der Waals surface area contributed by atoms with E-state index in [9.17, 15) is 4.79 Å². The fourth-order valence-corrected chi connectivity index (χ4v) is 1.72. The van der Waals surface area contributed by atoms with Crippen molar-refractivity contribution in [2.45, 2.75) is 39.5 Å². The van der Waals surface area contributed by atoms with Gasteiger partial charge in [0.05, 0.1) is 11.9 Å². The topological polar surface area (TPSA) is 83.8 Å². The molecule has 0 radical (unpaired) electrons. The van der Waals surface area contributed by atoms with Crippen molar-refractivity contribution in [3.05, 3.63) is 6.20 Å². The third-order valence-electron chi connectivity index (χ3n) is 2.56. The van der Waals surface area contributed by atoms with Crippen LogP contribution < -0.4 is 11.1 Å². The summed E-state index contributed by atoms with van der Waals surface area (Å²) in [7, 11) is 0. The van der Waals surface area contributed by atoms with Gasteiger partial charge in [-0.15, -0.1) is 0 Å². The summed E-state index contributed by atoms with van der Waals surface area (Å²) in [5, 5.41) is 9.21. The van der Waals surface area contributed by atoms with E-state index in [0.29, 0.717) is 11.5 Å². The number of aromatic nitrogens is 2. The molecule has 1 aromatic heterocycles. The second-order valence-corrected chi connectivity index (χ2v) is 3.96. The molecule has 0 aliphatic rings. The zero-order valence-corrected chi connectivity index (χ0v) is 9.92. The molecule has 0 saturated carbocycles. The van der Waals surface area contributed by atoms with Crippen LogP contribution in [0, 0.1) is 5.92 Å². The zero-order chi connectivity index (χ0) is 12.0. The van der Waals surface area contributed by atoms with Gasteiger partial charge in [0.2, 0.25) is 5.91 Å². The highest BCUT2D eigenvalue weighted by Crippen LogP contribution is 2.18. The van der Waals surface area contributed by atoms with Gasteiger partial charge in [0.25, 0.3) is 0 Å². The normalized spacial score (nSPS) is 10.7. The summed E-state index contributed by atoms with van der Waals surface area (Å²) in [4.78, 5) is 11.9. The Morgan fingerprint density at radius 3 is 2.56 bits per heavy atom. The molecule has 0 spiro atoms. The first-order chi connectivity index (χ1) is 7.69. The molecular weight excluding hydrogens is 204 g/mol. The number of anilines is 2. The summed E-state index contributed by atoms with van der Waals surface area (Å²) in [6.45, 7) is 4.17. The van der Waals surface area contributed by atoms with Crippen LogP contribution in [0.2, 0.25) is 0 Å². The Hall–Kier alpha value is -1.52. The fourth-order valence-electron chi connectivity index (χ4n) is 1.72. The first-order valence-corrected chi connectivity index (χ1v) is 5.78. The second-order valence-electron chi connectivity index (χ2n) is 3.96. The van der Waals surface area contributed by atoms with E-state index >= 15 is 0 Å². The third kappa shape index (κ3) is 3.25. The molecule has 0 aliphatic carbocycles. The number of rotatable bonds is 6. The lowest BCUT2D eigenvalue weighted by atomic mass is 9.97. The number of nitrogens with zero attached hydrogens (tertiary/aromatic N) is 1. The molecule has 0 unspecified atom stereocenters. The summed E-state index contributed by atoms with van der Waals surface area (Å²) in [5.74, 6) is 0.597. The summed E-state index contributed by atoms with van der Waals surface area (Å²) in [6, 6.07) is 0. The Morgan fingerprint density at radius 1 is 1.50 bits per heavy atom. The maximum absolute atomic E-state index is 11.9. The van der Waals surface area contributed by atoms with Gasteiger partial charge in [-0.25, -0.2) is 0 Å². The lowest BCUT2D eigenvalue weighted by Gasteiger charge is -2.14. The number of hydrogen-bond acceptors (Lipinski definition) is 3. The lowest BCUT2D eigenvalue weighted by Crippen LogP contribution is -2.23. The molecule has 1 heterocycles. The fraction of sp³-hybridized carbons (Fsp3) is 0.636. The Morgan fingerprint density at radius 2 is 2.12 bits per heavy atom. The van der Waals surface area contributed by atoms with Gasteiger partial charge in [0.1, 0.15) is 0 Å². The third-order valence-corrected chi connectivity index (χ3v) is 2.56. The Labute approximate surface area is 95.8 Å². The maximum atomic E-state index is 11.9. The zero-order valence-electron chi connectivity index (χ0n) is 9.92. The van der Waals surface area contributed by atoms with E-state index in [4.69, 9.17) is 5.73 Å². The standard InChI is InChI=1S/C11H20N4O/c1-3-5-8(6-4-2)11(16)14-10-9(12)7-13-15-10/h7-8H,3-6,12H2,1-2H3,(H2,13,14,15,16). The largest absolute Gasteiger partial charge is 0.394 e. The lowest BCUT2D eigenvalue weighted by molar-refractivity contribution is -0.120.